The van der Waals surface area contributed by atoms with E-state index in [1.165, 1.54) is 0 Å². The zero-order valence-electron chi connectivity index (χ0n) is 11.6. The number of amides is 2. The average Bonchev–Trinajstić information content (AvgIpc) is 2.77. The van der Waals surface area contributed by atoms with Gasteiger partial charge in [-0.1, -0.05) is 6.92 Å². The molecular formula is C13H24N2O4. The largest absolute Gasteiger partial charge is 0.481 e. The van der Waals surface area contributed by atoms with E-state index in [0.717, 1.165) is 13.0 Å². The molecular weight excluding hydrogens is 248 g/mol. The van der Waals surface area contributed by atoms with Gasteiger partial charge >= 0.3 is 12.0 Å². The molecule has 1 fully saturated rings. The highest BCUT2D eigenvalue weighted by atomic mass is 16.5. The Hall–Kier alpha value is -1.30. The van der Waals surface area contributed by atoms with E-state index in [4.69, 9.17) is 9.84 Å². The first kappa shape index (κ1) is 15.8. The third kappa shape index (κ3) is 5.92. The molecule has 110 valence electrons. The van der Waals surface area contributed by atoms with Gasteiger partial charge < -0.3 is 20.5 Å². The molecule has 6 nitrogen and oxygen atoms in total. The van der Waals surface area contributed by atoms with Gasteiger partial charge in [-0.2, -0.15) is 0 Å². The molecule has 0 aromatic rings. The van der Waals surface area contributed by atoms with E-state index in [1.807, 2.05) is 6.92 Å². The Balaban J connectivity index is 2.03. The number of carbonyl (C=O) groups is 2. The summed E-state index contributed by atoms with van der Waals surface area (Å²) in [7, 11) is 0. The third-order valence-corrected chi connectivity index (χ3v) is 3.58. The number of carbonyl (C=O) groups excluding carboxylic acids is 1. The summed E-state index contributed by atoms with van der Waals surface area (Å²) in [5.41, 5.74) is 0. The van der Waals surface area contributed by atoms with Gasteiger partial charge in [-0.05, 0) is 26.2 Å². The Bertz CT molecular complexity index is 309. The number of ether oxygens (including phenoxy) is 1. The number of carboxylic acid groups (broad SMARTS) is 1. The van der Waals surface area contributed by atoms with Crippen LogP contribution in [0.1, 0.15) is 33.1 Å². The predicted molar refractivity (Wildman–Crippen MR) is 71.0 cm³/mol. The molecule has 0 radical (unpaired) electrons. The van der Waals surface area contributed by atoms with Gasteiger partial charge in [-0.25, -0.2) is 4.79 Å². The second-order valence-corrected chi connectivity index (χ2v) is 5.14. The van der Waals surface area contributed by atoms with Crippen molar-refractivity contribution in [2.75, 3.05) is 19.7 Å². The molecule has 3 N–H and O–H groups in total. The summed E-state index contributed by atoms with van der Waals surface area (Å²) >= 11 is 0. The molecule has 0 aliphatic carbocycles. The zero-order valence-corrected chi connectivity index (χ0v) is 11.6. The maximum atomic E-state index is 11.5. The minimum atomic E-state index is -0.792. The Morgan fingerprint density at radius 1 is 1.42 bits per heavy atom. The molecule has 0 bridgehead atoms. The molecule has 1 heterocycles. The number of nitrogens with one attached hydrogen (secondary N) is 2. The maximum Gasteiger partial charge on any atom is 0.314 e. The summed E-state index contributed by atoms with van der Waals surface area (Å²) < 4.78 is 5.42. The fraction of sp³-hybridized carbons (Fsp3) is 0.846. The Morgan fingerprint density at radius 2 is 2.16 bits per heavy atom. The summed E-state index contributed by atoms with van der Waals surface area (Å²) in [6, 6.07) is -0.193. The van der Waals surface area contributed by atoms with Crippen molar-refractivity contribution in [3.63, 3.8) is 0 Å². The minimum absolute atomic E-state index is 0.193. The molecule has 1 rings (SSSR count). The van der Waals surface area contributed by atoms with Crippen LogP contribution in [0.25, 0.3) is 0 Å². The van der Waals surface area contributed by atoms with Crippen molar-refractivity contribution in [1.82, 2.24) is 10.6 Å². The standard InChI is InChI=1S/C13H24N2O4/c1-9(12(16)17)4-3-6-14-13(18)15-8-11-5-7-19-10(11)2/h9-11H,3-8H2,1-2H3,(H,16,17)(H2,14,15,18). The topological polar surface area (TPSA) is 87.7 Å². The molecule has 0 spiro atoms. The van der Waals surface area contributed by atoms with Crippen LogP contribution in [0.5, 0.6) is 0 Å². The third-order valence-electron chi connectivity index (χ3n) is 3.58. The van der Waals surface area contributed by atoms with Gasteiger partial charge in [0.05, 0.1) is 12.0 Å². The molecule has 2 amide bonds. The summed E-state index contributed by atoms with van der Waals surface area (Å²) in [6.45, 7) is 5.58. The SMILES string of the molecule is CC(CCCNC(=O)NCC1CCOC1C)C(=O)O. The molecule has 0 aromatic carbocycles. The van der Waals surface area contributed by atoms with E-state index < -0.39 is 5.97 Å². The van der Waals surface area contributed by atoms with Crippen molar-refractivity contribution in [3.05, 3.63) is 0 Å². The lowest BCUT2D eigenvalue weighted by Gasteiger charge is -2.15. The van der Waals surface area contributed by atoms with Crippen LogP contribution in [0.3, 0.4) is 0 Å². The molecule has 1 saturated heterocycles. The van der Waals surface area contributed by atoms with Crippen molar-refractivity contribution >= 4 is 12.0 Å². The van der Waals surface area contributed by atoms with Gasteiger partial charge in [-0.3, -0.25) is 4.79 Å². The lowest BCUT2D eigenvalue weighted by molar-refractivity contribution is -0.141. The van der Waals surface area contributed by atoms with Gasteiger partial charge in [0.25, 0.3) is 0 Å². The van der Waals surface area contributed by atoms with E-state index in [2.05, 4.69) is 10.6 Å². The Labute approximate surface area is 113 Å². The first-order valence-electron chi connectivity index (χ1n) is 6.86. The molecule has 19 heavy (non-hydrogen) atoms. The van der Waals surface area contributed by atoms with Crippen molar-refractivity contribution in [3.8, 4) is 0 Å². The van der Waals surface area contributed by atoms with Crippen LogP contribution in [0.4, 0.5) is 4.79 Å². The van der Waals surface area contributed by atoms with Gasteiger partial charge in [0, 0.05) is 25.6 Å². The first-order valence-corrected chi connectivity index (χ1v) is 6.86. The van der Waals surface area contributed by atoms with Crippen LogP contribution in [0.2, 0.25) is 0 Å². The number of hydrogen-bond donors (Lipinski definition) is 3. The summed E-state index contributed by atoms with van der Waals surface area (Å²) in [6.07, 6.45) is 2.43. The predicted octanol–water partition coefficient (Wildman–Crippen LogP) is 1.21. The fourth-order valence-corrected chi connectivity index (χ4v) is 2.06. The van der Waals surface area contributed by atoms with E-state index in [-0.39, 0.29) is 18.1 Å². The van der Waals surface area contributed by atoms with Crippen LogP contribution in [-0.4, -0.2) is 42.9 Å². The van der Waals surface area contributed by atoms with Crippen LogP contribution in [-0.2, 0) is 9.53 Å². The lowest BCUT2D eigenvalue weighted by atomic mass is 10.0. The number of urea groups is 1. The Morgan fingerprint density at radius 3 is 2.74 bits per heavy atom. The van der Waals surface area contributed by atoms with Crippen molar-refractivity contribution in [1.29, 1.82) is 0 Å². The van der Waals surface area contributed by atoms with Crippen molar-refractivity contribution < 1.29 is 19.4 Å². The molecule has 6 heteroatoms. The summed E-state index contributed by atoms with van der Waals surface area (Å²) in [5.74, 6) is -0.765. The normalized spacial score (nSPS) is 23.9. The maximum absolute atomic E-state index is 11.5. The smallest absolute Gasteiger partial charge is 0.314 e. The second kappa shape index (κ2) is 7.99. The molecule has 0 aromatic heterocycles. The van der Waals surface area contributed by atoms with E-state index >= 15 is 0 Å². The van der Waals surface area contributed by atoms with Crippen LogP contribution >= 0.6 is 0 Å². The highest BCUT2D eigenvalue weighted by Crippen LogP contribution is 2.19. The average molecular weight is 272 g/mol. The number of carboxylic acids is 1. The van der Waals surface area contributed by atoms with Crippen LogP contribution in [0.15, 0.2) is 0 Å². The monoisotopic (exact) mass is 272 g/mol. The number of hydrogen-bond acceptors (Lipinski definition) is 3. The highest BCUT2D eigenvalue weighted by molar-refractivity contribution is 5.73. The molecule has 3 unspecified atom stereocenters. The first-order chi connectivity index (χ1) is 9.00. The molecule has 0 saturated carbocycles. The van der Waals surface area contributed by atoms with Crippen LogP contribution in [0, 0.1) is 11.8 Å². The van der Waals surface area contributed by atoms with Crippen molar-refractivity contribution in [2.24, 2.45) is 11.8 Å². The van der Waals surface area contributed by atoms with E-state index in [9.17, 15) is 9.59 Å². The lowest BCUT2D eigenvalue weighted by Crippen LogP contribution is -2.39. The zero-order chi connectivity index (χ0) is 14.3. The minimum Gasteiger partial charge on any atom is -0.481 e. The molecule has 3 atom stereocenters. The van der Waals surface area contributed by atoms with Gasteiger partial charge in [0.15, 0.2) is 0 Å². The van der Waals surface area contributed by atoms with Crippen LogP contribution < -0.4 is 10.6 Å². The van der Waals surface area contributed by atoms with Gasteiger partial charge in [-0.15, -0.1) is 0 Å². The van der Waals surface area contributed by atoms with Crippen molar-refractivity contribution in [2.45, 2.75) is 39.2 Å². The second-order valence-electron chi connectivity index (χ2n) is 5.14. The van der Waals surface area contributed by atoms with E-state index in [0.29, 0.717) is 31.8 Å². The Kier molecular flexibility index (Phi) is 6.62. The quantitative estimate of drug-likeness (QED) is 0.608. The molecule has 1 aliphatic rings. The molecule has 1 aliphatic heterocycles. The number of aliphatic carboxylic acids is 1. The summed E-state index contributed by atoms with van der Waals surface area (Å²) in [4.78, 5) is 22.1. The highest BCUT2D eigenvalue weighted by Gasteiger charge is 2.24. The number of rotatable bonds is 7. The summed E-state index contributed by atoms with van der Waals surface area (Å²) in [5, 5.41) is 14.3. The van der Waals surface area contributed by atoms with E-state index in [1.54, 1.807) is 6.92 Å². The van der Waals surface area contributed by atoms with Gasteiger partial charge in [0.1, 0.15) is 0 Å². The fourth-order valence-electron chi connectivity index (χ4n) is 2.06. The van der Waals surface area contributed by atoms with Gasteiger partial charge in [0.2, 0.25) is 0 Å².